The third-order valence-electron chi connectivity index (χ3n) is 4.42. The van der Waals surface area contributed by atoms with Crippen molar-refractivity contribution >= 4 is 23.3 Å². The van der Waals surface area contributed by atoms with Gasteiger partial charge < -0.3 is 20.4 Å². The topological polar surface area (TPSA) is 83.4 Å². The molecule has 1 aliphatic carbocycles. The Balaban J connectivity index is 1.45. The van der Waals surface area contributed by atoms with Crippen molar-refractivity contribution in [2.75, 3.05) is 17.2 Å². The van der Waals surface area contributed by atoms with E-state index in [-0.39, 0.29) is 17.7 Å². The number of nitrogens with one attached hydrogen (secondary N) is 3. The van der Waals surface area contributed by atoms with Crippen molar-refractivity contribution in [2.45, 2.75) is 32.1 Å². The minimum Gasteiger partial charge on any atom is -0.459 e. The van der Waals surface area contributed by atoms with Crippen molar-refractivity contribution < 1.29 is 14.0 Å². The fourth-order valence-electron chi connectivity index (χ4n) is 3.04. The Morgan fingerprint density at radius 1 is 0.960 bits per heavy atom. The summed E-state index contributed by atoms with van der Waals surface area (Å²) in [7, 11) is 0. The first kappa shape index (κ1) is 17.1. The SMILES string of the molecule is O=C(NCC1CCCCC1)Nc1ccc(NC(=O)c2ccco2)cc1. The number of hydrogen-bond acceptors (Lipinski definition) is 3. The molecule has 0 unspecified atom stereocenters. The first-order chi connectivity index (χ1) is 12.2. The molecule has 1 aliphatic rings. The van der Waals surface area contributed by atoms with Crippen molar-refractivity contribution in [1.82, 2.24) is 5.32 Å². The van der Waals surface area contributed by atoms with Crippen LogP contribution in [-0.4, -0.2) is 18.5 Å². The summed E-state index contributed by atoms with van der Waals surface area (Å²) in [4.78, 5) is 23.9. The minimum absolute atomic E-state index is 0.196. The van der Waals surface area contributed by atoms with Gasteiger partial charge in [0.1, 0.15) is 0 Å². The van der Waals surface area contributed by atoms with Gasteiger partial charge in [0.2, 0.25) is 0 Å². The summed E-state index contributed by atoms with van der Waals surface area (Å²) >= 11 is 0. The zero-order chi connectivity index (χ0) is 17.5. The largest absolute Gasteiger partial charge is 0.459 e. The molecule has 0 saturated heterocycles. The minimum atomic E-state index is -0.309. The summed E-state index contributed by atoms with van der Waals surface area (Å²) in [6.07, 6.45) is 7.69. The second-order valence-corrected chi connectivity index (χ2v) is 6.35. The average Bonchev–Trinajstić information content (AvgIpc) is 3.17. The number of amides is 3. The number of anilines is 2. The molecule has 0 aliphatic heterocycles. The van der Waals surface area contributed by atoms with Crippen LogP contribution in [0.25, 0.3) is 0 Å². The molecule has 1 aromatic heterocycles. The van der Waals surface area contributed by atoms with Gasteiger partial charge in [0.15, 0.2) is 5.76 Å². The Morgan fingerprint density at radius 3 is 2.28 bits per heavy atom. The van der Waals surface area contributed by atoms with Crippen LogP contribution in [0.1, 0.15) is 42.7 Å². The maximum Gasteiger partial charge on any atom is 0.319 e. The fourth-order valence-corrected chi connectivity index (χ4v) is 3.04. The zero-order valence-corrected chi connectivity index (χ0v) is 14.1. The molecular weight excluding hydrogens is 318 g/mol. The Labute approximate surface area is 147 Å². The Bertz CT molecular complexity index is 689. The van der Waals surface area contributed by atoms with E-state index in [9.17, 15) is 9.59 Å². The first-order valence-electron chi connectivity index (χ1n) is 8.70. The van der Waals surface area contributed by atoms with Gasteiger partial charge in [-0.3, -0.25) is 4.79 Å². The molecule has 0 bridgehead atoms. The van der Waals surface area contributed by atoms with Crippen LogP contribution in [0.15, 0.2) is 47.1 Å². The molecular formula is C19H23N3O3. The van der Waals surface area contributed by atoms with E-state index in [1.165, 1.54) is 38.4 Å². The highest BCUT2D eigenvalue weighted by Gasteiger charge is 2.14. The number of furan rings is 1. The van der Waals surface area contributed by atoms with E-state index >= 15 is 0 Å². The molecule has 3 rings (SSSR count). The van der Waals surface area contributed by atoms with Crippen LogP contribution < -0.4 is 16.0 Å². The van der Waals surface area contributed by atoms with Gasteiger partial charge in [0.25, 0.3) is 5.91 Å². The number of carbonyl (C=O) groups is 2. The molecule has 0 radical (unpaired) electrons. The molecule has 3 N–H and O–H groups in total. The summed E-state index contributed by atoms with van der Waals surface area (Å²) in [5.41, 5.74) is 1.31. The Kier molecular flexibility index (Phi) is 5.72. The quantitative estimate of drug-likeness (QED) is 0.761. The molecule has 0 spiro atoms. The van der Waals surface area contributed by atoms with Crippen molar-refractivity contribution in [1.29, 1.82) is 0 Å². The van der Waals surface area contributed by atoms with Gasteiger partial charge in [-0.1, -0.05) is 19.3 Å². The van der Waals surface area contributed by atoms with E-state index in [1.807, 2.05) is 0 Å². The maximum absolute atomic E-state index is 12.0. The lowest BCUT2D eigenvalue weighted by atomic mass is 9.89. The van der Waals surface area contributed by atoms with Crippen LogP contribution in [0.4, 0.5) is 16.2 Å². The van der Waals surface area contributed by atoms with E-state index in [4.69, 9.17) is 4.42 Å². The van der Waals surface area contributed by atoms with Crippen LogP contribution in [-0.2, 0) is 0 Å². The van der Waals surface area contributed by atoms with Crippen LogP contribution >= 0.6 is 0 Å². The van der Waals surface area contributed by atoms with Crippen LogP contribution in [0, 0.1) is 5.92 Å². The molecule has 25 heavy (non-hydrogen) atoms. The second-order valence-electron chi connectivity index (χ2n) is 6.35. The van der Waals surface area contributed by atoms with E-state index < -0.39 is 0 Å². The highest BCUT2D eigenvalue weighted by Crippen LogP contribution is 2.22. The van der Waals surface area contributed by atoms with Crippen molar-refractivity contribution in [2.24, 2.45) is 5.92 Å². The highest BCUT2D eigenvalue weighted by atomic mass is 16.3. The predicted octanol–water partition coefficient (Wildman–Crippen LogP) is 4.23. The summed E-state index contributed by atoms with van der Waals surface area (Å²) < 4.78 is 5.04. The highest BCUT2D eigenvalue weighted by molar-refractivity contribution is 6.02. The van der Waals surface area contributed by atoms with E-state index in [1.54, 1.807) is 36.4 Å². The van der Waals surface area contributed by atoms with E-state index in [2.05, 4.69) is 16.0 Å². The standard InChI is InChI=1S/C19H23N3O3/c23-18(17-7-4-12-25-17)21-15-8-10-16(11-9-15)22-19(24)20-13-14-5-2-1-3-6-14/h4,7-12,14H,1-3,5-6,13H2,(H,21,23)(H2,20,22,24). The first-order valence-corrected chi connectivity index (χ1v) is 8.70. The molecule has 3 amide bonds. The molecule has 0 atom stereocenters. The zero-order valence-electron chi connectivity index (χ0n) is 14.1. The molecule has 6 heteroatoms. The molecule has 1 saturated carbocycles. The van der Waals surface area contributed by atoms with Crippen LogP contribution in [0.3, 0.4) is 0 Å². The summed E-state index contributed by atoms with van der Waals surface area (Å²) in [6, 6.07) is 10.0. The normalized spacial score (nSPS) is 14.7. The third kappa shape index (κ3) is 5.11. The summed E-state index contributed by atoms with van der Waals surface area (Å²) in [5.74, 6) is 0.541. The molecule has 1 fully saturated rings. The lowest BCUT2D eigenvalue weighted by Crippen LogP contribution is -2.33. The second kappa shape index (κ2) is 8.37. The number of carbonyl (C=O) groups excluding carboxylic acids is 2. The monoisotopic (exact) mass is 341 g/mol. The van der Waals surface area contributed by atoms with E-state index in [0.29, 0.717) is 17.3 Å². The van der Waals surface area contributed by atoms with Gasteiger partial charge in [0, 0.05) is 17.9 Å². The van der Waals surface area contributed by atoms with Gasteiger partial charge in [-0.15, -0.1) is 0 Å². The lowest BCUT2D eigenvalue weighted by Gasteiger charge is -2.21. The molecule has 6 nitrogen and oxygen atoms in total. The molecule has 2 aromatic rings. The lowest BCUT2D eigenvalue weighted by molar-refractivity contribution is 0.0996. The van der Waals surface area contributed by atoms with Gasteiger partial charge >= 0.3 is 6.03 Å². The summed E-state index contributed by atoms with van der Waals surface area (Å²) in [6.45, 7) is 0.725. The van der Waals surface area contributed by atoms with Crippen molar-refractivity contribution in [3.05, 3.63) is 48.4 Å². The fraction of sp³-hybridized carbons (Fsp3) is 0.368. The number of urea groups is 1. The average molecular weight is 341 g/mol. The Morgan fingerprint density at radius 2 is 1.64 bits per heavy atom. The number of rotatable bonds is 5. The van der Waals surface area contributed by atoms with Crippen molar-refractivity contribution in [3.8, 4) is 0 Å². The maximum atomic E-state index is 12.0. The third-order valence-corrected chi connectivity index (χ3v) is 4.42. The summed E-state index contributed by atoms with van der Waals surface area (Å²) in [5, 5.41) is 8.47. The van der Waals surface area contributed by atoms with Gasteiger partial charge in [-0.25, -0.2) is 4.79 Å². The molecule has 132 valence electrons. The molecule has 1 heterocycles. The van der Waals surface area contributed by atoms with Crippen molar-refractivity contribution in [3.63, 3.8) is 0 Å². The molecule has 1 aromatic carbocycles. The van der Waals surface area contributed by atoms with Crippen LogP contribution in [0.2, 0.25) is 0 Å². The number of benzene rings is 1. The smallest absolute Gasteiger partial charge is 0.319 e. The number of hydrogen-bond donors (Lipinski definition) is 3. The van der Waals surface area contributed by atoms with Gasteiger partial charge in [0.05, 0.1) is 6.26 Å². The van der Waals surface area contributed by atoms with Gasteiger partial charge in [-0.05, 0) is 55.2 Å². The van der Waals surface area contributed by atoms with Crippen LogP contribution in [0.5, 0.6) is 0 Å². The van der Waals surface area contributed by atoms with E-state index in [0.717, 1.165) is 6.54 Å². The Hall–Kier alpha value is -2.76. The predicted molar refractivity (Wildman–Crippen MR) is 96.7 cm³/mol. The van der Waals surface area contributed by atoms with Gasteiger partial charge in [-0.2, -0.15) is 0 Å².